The van der Waals surface area contributed by atoms with Gasteiger partial charge in [0.25, 0.3) is 0 Å². The van der Waals surface area contributed by atoms with Crippen molar-refractivity contribution < 1.29 is 0 Å². The van der Waals surface area contributed by atoms with Crippen LogP contribution in [-0.2, 0) is 5.41 Å². The van der Waals surface area contributed by atoms with Crippen molar-refractivity contribution in [3.63, 3.8) is 0 Å². The average molecular weight is 744 g/mol. The monoisotopic (exact) mass is 743 g/mol. The molecule has 0 N–H and O–H groups in total. The molecule has 0 bridgehead atoms. The van der Waals surface area contributed by atoms with Crippen molar-refractivity contribution in [2.45, 2.75) is 19.3 Å². The molecule has 0 unspecified atom stereocenters. The van der Waals surface area contributed by atoms with Crippen LogP contribution < -0.4 is 0 Å². The van der Waals surface area contributed by atoms with Gasteiger partial charge in [0.05, 0.1) is 27.8 Å². The number of nitrogens with zero attached hydrogens (tertiary/aromatic N) is 5. The van der Waals surface area contributed by atoms with E-state index in [-0.39, 0.29) is 5.41 Å². The molecule has 58 heavy (non-hydrogen) atoms. The highest BCUT2D eigenvalue weighted by Crippen LogP contribution is 2.53. The van der Waals surface area contributed by atoms with Gasteiger partial charge in [0.1, 0.15) is 0 Å². The molecule has 1 aliphatic carbocycles. The fourth-order valence-corrected chi connectivity index (χ4v) is 9.91. The summed E-state index contributed by atoms with van der Waals surface area (Å²) in [5.74, 6) is 1.60. The zero-order chi connectivity index (χ0) is 38.5. The molecule has 5 nitrogen and oxygen atoms in total. The highest BCUT2D eigenvalue weighted by Gasteiger charge is 2.38. The Morgan fingerprint density at radius 1 is 0.397 bits per heavy atom. The SMILES string of the molecule is CC1(C)c2ccccc2-c2ccc3c(c21)c1ccccc1n3-c1cccc(-n2c3ccccc3c3c(-n4c(-c5ccccc5)nnc4-c4ccccc4)cccc32)c1. The molecule has 12 rings (SSSR count). The lowest BCUT2D eigenvalue weighted by atomic mass is 9.80. The van der Waals surface area contributed by atoms with Gasteiger partial charge in [-0.1, -0.05) is 153 Å². The summed E-state index contributed by atoms with van der Waals surface area (Å²) in [6.45, 7) is 4.76. The van der Waals surface area contributed by atoms with Crippen LogP contribution in [0.25, 0.3) is 94.6 Å². The summed E-state index contributed by atoms with van der Waals surface area (Å²) in [5, 5.41) is 14.6. The highest BCUT2D eigenvalue weighted by atomic mass is 15.3. The van der Waals surface area contributed by atoms with E-state index >= 15 is 0 Å². The van der Waals surface area contributed by atoms with Gasteiger partial charge in [0.15, 0.2) is 11.6 Å². The third-order valence-electron chi connectivity index (χ3n) is 12.3. The first kappa shape index (κ1) is 32.7. The van der Waals surface area contributed by atoms with Crippen molar-refractivity contribution in [3.05, 3.63) is 199 Å². The van der Waals surface area contributed by atoms with Crippen LogP contribution in [0, 0.1) is 0 Å². The molecule has 0 amide bonds. The van der Waals surface area contributed by atoms with Gasteiger partial charge in [0.2, 0.25) is 0 Å². The zero-order valence-corrected chi connectivity index (χ0v) is 32.1. The van der Waals surface area contributed by atoms with E-state index in [9.17, 15) is 0 Å². The highest BCUT2D eigenvalue weighted by molar-refractivity contribution is 6.15. The van der Waals surface area contributed by atoms with Crippen molar-refractivity contribution in [2.75, 3.05) is 0 Å². The number of hydrogen-bond acceptors (Lipinski definition) is 2. The van der Waals surface area contributed by atoms with Gasteiger partial charge in [-0.3, -0.25) is 4.57 Å². The fraction of sp³-hybridized carbons (Fsp3) is 0.0566. The van der Waals surface area contributed by atoms with Gasteiger partial charge >= 0.3 is 0 Å². The molecule has 11 aromatic rings. The van der Waals surface area contributed by atoms with E-state index in [0.29, 0.717) is 0 Å². The number of fused-ring (bicyclic) bond motifs is 10. The molecule has 5 heteroatoms. The Morgan fingerprint density at radius 2 is 0.914 bits per heavy atom. The molecule has 0 aliphatic heterocycles. The lowest BCUT2D eigenvalue weighted by molar-refractivity contribution is 0.666. The summed E-state index contributed by atoms with van der Waals surface area (Å²) in [6, 6.07) is 67.6. The van der Waals surface area contributed by atoms with Crippen molar-refractivity contribution in [1.29, 1.82) is 0 Å². The van der Waals surface area contributed by atoms with Crippen LogP contribution in [0.1, 0.15) is 25.0 Å². The maximum Gasteiger partial charge on any atom is 0.168 e. The lowest BCUT2D eigenvalue weighted by Gasteiger charge is -2.22. The van der Waals surface area contributed by atoms with Crippen LogP contribution in [0.5, 0.6) is 0 Å². The van der Waals surface area contributed by atoms with Crippen LogP contribution in [0.3, 0.4) is 0 Å². The quantitative estimate of drug-likeness (QED) is 0.176. The number of para-hydroxylation sites is 2. The summed E-state index contributed by atoms with van der Waals surface area (Å²) in [7, 11) is 0. The Morgan fingerprint density at radius 3 is 1.57 bits per heavy atom. The summed E-state index contributed by atoms with van der Waals surface area (Å²) in [6.07, 6.45) is 0. The van der Waals surface area contributed by atoms with Crippen molar-refractivity contribution in [1.82, 2.24) is 23.9 Å². The Bertz CT molecular complexity index is 3360. The minimum atomic E-state index is -0.131. The second-order valence-electron chi connectivity index (χ2n) is 15.9. The predicted octanol–water partition coefficient (Wildman–Crippen LogP) is 13.1. The van der Waals surface area contributed by atoms with E-state index in [4.69, 9.17) is 10.2 Å². The van der Waals surface area contributed by atoms with Crippen LogP contribution in [0.4, 0.5) is 0 Å². The van der Waals surface area contributed by atoms with Gasteiger partial charge in [-0.15, -0.1) is 10.2 Å². The predicted molar refractivity (Wildman–Crippen MR) is 238 cm³/mol. The molecular formula is C53H37N5. The fourth-order valence-electron chi connectivity index (χ4n) is 9.91. The van der Waals surface area contributed by atoms with Gasteiger partial charge < -0.3 is 9.13 Å². The zero-order valence-electron chi connectivity index (χ0n) is 32.1. The number of hydrogen-bond donors (Lipinski definition) is 0. The summed E-state index contributed by atoms with van der Waals surface area (Å²) >= 11 is 0. The Hall–Kier alpha value is -7.50. The van der Waals surface area contributed by atoms with E-state index in [1.807, 2.05) is 12.1 Å². The van der Waals surface area contributed by atoms with Gasteiger partial charge in [-0.2, -0.15) is 0 Å². The molecule has 0 saturated heterocycles. The van der Waals surface area contributed by atoms with E-state index in [1.165, 1.54) is 49.4 Å². The molecule has 274 valence electrons. The first-order valence-electron chi connectivity index (χ1n) is 19.9. The van der Waals surface area contributed by atoms with Crippen LogP contribution in [0.2, 0.25) is 0 Å². The Kier molecular flexibility index (Phi) is 6.91. The normalized spacial score (nSPS) is 13.1. The smallest absolute Gasteiger partial charge is 0.168 e. The van der Waals surface area contributed by atoms with Crippen molar-refractivity contribution in [3.8, 4) is 51.0 Å². The van der Waals surface area contributed by atoms with Crippen molar-refractivity contribution in [2.24, 2.45) is 0 Å². The summed E-state index contributed by atoms with van der Waals surface area (Å²) < 4.78 is 7.11. The minimum Gasteiger partial charge on any atom is -0.309 e. The molecule has 0 atom stereocenters. The summed E-state index contributed by atoms with van der Waals surface area (Å²) in [5.41, 5.74) is 15.3. The molecular weight excluding hydrogens is 707 g/mol. The van der Waals surface area contributed by atoms with Crippen molar-refractivity contribution >= 4 is 43.6 Å². The van der Waals surface area contributed by atoms with E-state index in [0.717, 1.165) is 56.3 Å². The molecule has 0 fully saturated rings. The maximum absolute atomic E-state index is 4.83. The summed E-state index contributed by atoms with van der Waals surface area (Å²) in [4.78, 5) is 0. The second kappa shape index (κ2) is 12.2. The third-order valence-corrected chi connectivity index (χ3v) is 12.3. The first-order valence-corrected chi connectivity index (χ1v) is 19.9. The molecule has 0 radical (unpaired) electrons. The van der Waals surface area contributed by atoms with Gasteiger partial charge in [0, 0.05) is 49.5 Å². The van der Waals surface area contributed by atoms with Crippen LogP contribution in [-0.4, -0.2) is 23.9 Å². The molecule has 1 aliphatic rings. The maximum atomic E-state index is 4.83. The van der Waals surface area contributed by atoms with Crippen LogP contribution >= 0.6 is 0 Å². The Labute approximate surface area is 335 Å². The largest absolute Gasteiger partial charge is 0.309 e. The minimum absolute atomic E-state index is 0.131. The Balaban J connectivity index is 1.10. The molecule has 8 aromatic carbocycles. The standard InChI is InChI=1S/C53H37N5/c1-53(2)42-26-12-9-23-38(42)39-31-32-47-49(50(39)53)41-25-11-14-28-44(41)57(47)37-22-15-21-36(33-37)56-43-27-13-10-24-40(43)48-45(56)29-16-30-46(48)58-51(34-17-5-3-6-18-34)54-55-52(58)35-19-7-4-8-20-35/h3-33H,1-2H3. The third kappa shape index (κ3) is 4.53. The lowest BCUT2D eigenvalue weighted by Crippen LogP contribution is -2.15. The molecule has 3 heterocycles. The first-order chi connectivity index (χ1) is 28.6. The topological polar surface area (TPSA) is 40.6 Å². The second-order valence-corrected chi connectivity index (χ2v) is 15.9. The molecule has 0 spiro atoms. The van der Waals surface area contributed by atoms with E-state index in [1.54, 1.807) is 0 Å². The number of benzene rings is 8. The molecule has 3 aromatic heterocycles. The van der Waals surface area contributed by atoms with Gasteiger partial charge in [-0.25, -0.2) is 0 Å². The van der Waals surface area contributed by atoms with Gasteiger partial charge in [-0.05, 0) is 70.8 Å². The number of rotatable bonds is 5. The average Bonchev–Trinajstić information content (AvgIpc) is 4.02. The van der Waals surface area contributed by atoms with Crippen LogP contribution in [0.15, 0.2) is 188 Å². The number of aromatic nitrogens is 5. The van der Waals surface area contributed by atoms with E-state index in [2.05, 4.69) is 203 Å². The van der Waals surface area contributed by atoms with E-state index < -0.39 is 0 Å². The molecule has 0 saturated carbocycles.